The number of fused-ring (bicyclic) bond motifs is 1. The van der Waals surface area contributed by atoms with E-state index in [1.54, 1.807) is 30.3 Å². The van der Waals surface area contributed by atoms with Gasteiger partial charge in [-0.15, -0.1) is 0 Å². The number of primary amides is 1. The van der Waals surface area contributed by atoms with Gasteiger partial charge in [-0.2, -0.15) is 0 Å². The van der Waals surface area contributed by atoms with Gasteiger partial charge in [0.1, 0.15) is 0 Å². The summed E-state index contributed by atoms with van der Waals surface area (Å²) in [6, 6.07) is 8.51. The zero-order valence-electron chi connectivity index (χ0n) is 13.7. The zero-order chi connectivity index (χ0) is 16.9. The van der Waals surface area contributed by atoms with E-state index in [-0.39, 0.29) is 23.0 Å². The Labute approximate surface area is 137 Å². The third kappa shape index (κ3) is 2.68. The highest BCUT2D eigenvalue weighted by molar-refractivity contribution is 7.91. The summed E-state index contributed by atoms with van der Waals surface area (Å²) >= 11 is 0. The van der Waals surface area contributed by atoms with Crippen LogP contribution in [0, 0.1) is 16.7 Å². The molecule has 0 aromatic heterocycles. The molecule has 1 saturated heterocycles. The molecule has 1 saturated carbocycles. The van der Waals surface area contributed by atoms with Gasteiger partial charge in [0.2, 0.25) is 5.91 Å². The largest absolute Gasteiger partial charge is 0.369 e. The van der Waals surface area contributed by atoms with Gasteiger partial charge in [0.05, 0.1) is 16.1 Å². The Morgan fingerprint density at radius 3 is 2.48 bits per heavy atom. The van der Waals surface area contributed by atoms with Gasteiger partial charge in [0, 0.05) is 19.6 Å². The van der Waals surface area contributed by atoms with Crippen LogP contribution in [0.5, 0.6) is 0 Å². The summed E-state index contributed by atoms with van der Waals surface area (Å²) in [5.41, 5.74) is 5.29. The predicted octanol–water partition coefficient (Wildman–Crippen LogP) is 1.29. The lowest BCUT2D eigenvalue weighted by Crippen LogP contribution is -2.59. The van der Waals surface area contributed by atoms with Crippen LogP contribution in [0.2, 0.25) is 0 Å². The smallest absolute Gasteiger partial charge is 0.225 e. The zero-order valence-corrected chi connectivity index (χ0v) is 14.5. The molecule has 126 valence electrons. The first-order valence-electron chi connectivity index (χ1n) is 7.97. The maximum Gasteiger partial charge on any atom is 0.225 e. The third-order valence-electron chi connectivity index (χ3n) is 5.60. The Morgan fingerprint density at radius 1 is 1.30 bits per heavy atom. The summed E-state index contributed by atoms with van der Waals surface area (Å²) in [6.07, 6.45) is 0.794. The van der Waals surface area contributed by atoms with E-state index in [0.717, 1.165) is 13.0 Å². The normalized spacial score (nSPS) is 29.7. The molecule has 2 atom stereocenters. The molecule has 2 fully saturated rings. The molecule has 1 aromatic rings. The highest BCUT2D eigenvalue weighted by Gasteiger charge is 2.65. The van der Waals surface area contributed by atoms with Gasteiger partial charge in [-0.05, 0) is 29.9 Å². The number of carbonyl (C=O) groups is 1. The predicted molar refractivity (Wildman–Crippen MR) is 88.5 cm³/mol. The van der Waals surface area contributed by atoms with Crippen LogP contribution in [0.25, 0.3) is 0 Å². The molecular weight excluding hydrogens is 312 g/mol. The lowest BCUT2D eigenvalue weighted by Gasteiger charge is -2.54. The quantitative estimate of drug-likeness (QED) is 0.879. The number of amides is 1. The molecule has 1 amide bonds. The lowest BCUT2D eigenvalue weighted by atomic mass is 9.48. The van der Waals surface area contributed by atoms with Crippen molar-refractivity contribution in [3.05, 3.63) is 30.3 Å². The first-order chi connectivity index (χ1) is 10.7. The summed E-state index contributed by atoms with van der Waals surface area (Å²) in [5, 5.41) is 0. The fraction of sp³-hybridized carbons (Fsp3) is 0.588. The second-order valence-electron chi connectivity index (χ2n) is 7.61. The van der Waals surface area contributed by atoms with Crippen LogP contribution in [-0.4, -0.2) is 44.6 Å². The van der Waals surface area contributed by atoms with E-state index in [1.807, 2.05) is 0 Å². The van der Waals surface area contributed by atoms with Crippen LogP contribution in [0.15, 0.2) is 35.2 Å². The molecule has 0 radical (unpaired) electrons. The molecule has 6 heteroatoms. The number of carbonyl (C=O) groups excluding carboxylic acids is 1. The van der Waals surface area contributed by atoms with Crippen molar-refractivity contribution in [2.24, 2.45) is 22.5 Å². The van der Waals surface area contributed by atoms with Crippen LogP contribution in [0.3, 0.4) is 0 Å². The molecule has 1 heterocycles. The summed E-state index contributed by atoms with van der Waals surface area (Å²) in [6.45, 7) is 6.09. The standard InChI is InChI=1S/C17H24N2O3S/c1-16(2)11-17(15(18)20)12-19(10-14(16)17)8-9-23(21,22)13-6-4-3-5-7-13/h3-7,14H,8-12H2,1-2H3,(H2,18,20)/t14-,17+/m1/s1. The van der Waals surface area contributed by atoms with Crippen LogP contribution in [-0.2, 0) is 14.6 Å². The minimum absolute atomic E-state index is 0.0685. The van der Waals surface area contributed by atoms with E-state index in [9.17, 15) is 13.2 Å². The Balaban J connectivity index is 1.68. The van der Waals surface area contributed by atoms with Crippen LogP contribution in [0.1, 0.15) is 20.3 Å². The van der Waals surface area contributed by atoms with Crippen molar-refractivity contribution in [3.63, 3.8) is 0 Å². The van der Waals surface area contributed by atoms with Crippen molar-refractivity contribution >= 4 is 15.7 Å². The first-order valence-corrected chi connectivity index (χ1v) is 9.63. The molecular formula is C17H24N2O3S. The minimum Gasteiger partial charge on any atom is -0.369 e. The number of hydrogen-bond donors (Lipinski definition) is 1. The van der Waals surface area contributed by atoms with E-state index >= 15 is 0 Å². The molecule has 0 bridgehead atoms. The van der Waals surface area contributed by atoms with Gasteiger partial charge >= 0.3 is 0 Å². The first kappa shape index (κ1) is 16.5. The molecule has 1 aliphatic carbocycles. The molecule has 3 rings (SSSR count). The molecule has 23 heavy (non-hydrogen) atoms. The summed E-state index contributed by atoms with van der Waals surface area (Å²) in [7, 11) is -3.29. The molecule has 5 nitrogen and oxygen atoms in total. The molecule has 2 N–H and O–H groups in total. The topological polar surface area (TPSA) is 80.5 Å². The van der Waals surface area contributed by atoms with E-state index in [1.165, 1.54) is 0 Å². The number of likely N-dealkylation sites (tertiary alicyclic amines) is 1. The van der Waals surface area contributed by atoms with Gasteiger partial charge in [0.15, 0.2) is 9.84 Å². The van der Waals surface area contributed by atoms with Crippen molar-refractivity contribution in [1.82, 2.24) is 4.90 Å². The maximum atomic E-state index is 12.4. The van der Waals surface area contributed by atoms with Gasteiger partial charge in [0.25, 0.3) is 0 Å². The highest BCUT2D eigenvalue weighted by Crippen LogP contribution is 2.62. The van der Waals surface area contributed by atoms with Crippen molar-refractivity contribution in [2.75, 3.05) is 25.4 Å². The number of hydrogen-bond acceptors (Lipinski definition) is 4. The molecule has 0 spiro atoms. The Morgan fingerprint density at radius 2 is 1.96 bits per heavy atom. The summed E-state index contributed by atoms with van der Waals surface area (Å²) in [5.74, 6) is 0.0566. The number of nitrogens with two attached hydrogens (primary N) is 1. The minimum atomic E-state index is -3.29. The SMILES string of the molecule is CC1(C)C[C@]2(C(N)=O)CN(CCS(=O)(=O)c3ccccc3)C[C@H]12. The van der Waals surface area contributed by atoms with Gasteiger partial charge in [-0.3, -0.25) is 4.79 Å². The molecule has 1 aliphatic heterocycles. The second kappa shape index (κ2) is 5.31. The van der Waals surface area contributed by atoms with Gasteiger partial charge in [-0.25, -0.2) is 8.42 Å². The molecule has 0 unspecified atom stereocenters. The Hall–Kier alpha value is -1.40. The summed E-state index contributed by atoms with van der Waals surface area (Å²) < 4.78 is 24.8. The van der Waals surface area contributed by atoms with Crippen molar-refractivity contribution < 1.29 is 13.2 Å². The van der Waals surface area contributed by atoms with Gasteiger partial charge < -0.3 is 10.6 Å². The van der Waals surface area contributed by atoms with Crippen molar-refractivity contribution in [3.8, 4) is 0 Å². The van der Waals surface area contributed by atoms with Gasteiger partial charge in [-0.1, -0.05) is 32.0 Å². The number of nitrogens with zero attached hydrogens (tertiary/aromatic N) is 1. The molecule has 1 aromatic carbocycles. The fourth-order valence-corrected chi connectivity index (χ4v) is 5.79. The average Bonchev–Trinajstić information content (AvgIpc) is 2.82. The van der Waals surface area contributed by atoms with E-state index in [0.29, 0.717) is 18.0 Å². The number of benzene rings is 1. The monoisotopic (exact) mass is 336 g/mol. The maximum absolute atomic E-state index is 12.4. The number of sulfone groups is 1. The van der Waals surface area contributed by atoms with Crippen molar-refractivity contribution in [1.29, 1.82) is 0 Å². The number of rotatable bonds is 5. The van der Waals surface area contributed by atoms with Crippen LogP contribution in [0.4, 0.5) is 0 Å². The van der Waals surface area contributed by atoms with E-state index in [2.05, 4.69) is 18.7 Å². The third-order valence-corrected chi connectivity index (χ3v) is 7.31. The van der Waals surface area contributed by atoms with Crippen LogP contribution < -0.4 is 5.73 Å². The van der Waals surface area contributed by atoms with E-state index in [4.69, 9.17) is 5.73 Å². The van der Waals surface area contributed by atoms with E-state index < -0.39 is 15.3 Å². The summed E-state index contributed by atoms with van der Waals surface area (Å²) in [4.78, 5) is 14.4. The molecule has 2 aliphatic rings. The van der Waals surface area contributed by atoms with Crippen LogP contribution >= 0.6 is 0 Å². The highest BCUT2D eigenvalue weighted by atomic mass is 32.2. The Kier molecular flexibility index (Phi) is 3.80. The van der Waals surface area contributed by atoms with Crippen molar-refractivity contribution in [2.45, 2.75) is 25.2 Å². The lowest BCUT2D eigenvalue weighted by molar-refractivity contribution is -0.148. The average molecular weight is 336 g/mol. The Bertz CT molecular complexity index is 715. The fourth-order valence-electron chi connectivity index (χ4n) is 4.49. The second-order valence-corrected chi connectivity index (χ2v) is 9.71.